The van der Waals surface area contributed by atoms with E-state index >= 15 is 0 Å². The standard InChI is InChI=1S/C22H25ClN2O2.ClH/c23-18-8-4-7-17(13-18)22(15-24)11-9-19(10-12-22)25-20(14-27-21(25)26)16-5-2-1-3-6-16;/h1-8,13,19-20H,9-12,14-15,24H2;1H/t19-,20-,22+;/m0./s1. The average molecular weight is 421 g/mol. The molecule has 150 valence electrons. The molecular formula is C22H26Cl2N2O2. The van der Waals surface area contributed by atoms with Crippen molar-refractivity contribution in [3.63, 3.8) is 0 Å². The minimum absolute atomic E-state index is 0. The van der Waals surface area contributed by atoms with Crippen molar-refractivity contribution < 1.29 is 9.53 Å². The normalized spacial score (nSPS) is 27.2. The highest BCUT2D eigenvalue weighted by Gasteiger charge is 2.44. The number of benzene rings is 2. The molecule has 1 aliphatic carbocycles. The van der Waals surface area contributed by atoms with Crippen LogP contribution in [0.4, 0.5) is 4.79 Å². The topological polar surface area (TPSA) is 55.6 Å². The van der Waals surface area contributed by atoms with Crippen molar-refractivity contribution in [2.75, 3.05) is 13.2 Å². The van der Waals surface area contributed by atoms with E-state index in [0.717, 1.165) is 36.3 Å². The van der Waals surface area contributed by atoms with Gasteiger partial charge in [0.05, 0.1) is 6.04 Å². The summed E-state index contributed by atoms with van der Waals surface area (Å²) < 4.78 is 5.41. The molecule has 1 heterocycles. The smallest absolute Gasteiger partial charge is 0.410 e. The van der Waals surface area contributed by atoms with Crippen LogP contribution in [0.2, 0.25) is 5.02 Å². The fraction of sp³-hybridized carbons (Fsp3) is 0.409. The third-order valence-electron chi connectivity index (χ3n) is 6.23. The van der Waals surface area contributed by atoms with Gasteiger partial charge in [-0.25, -0.2) is 4.79 Å². The predicted octanol–water partition coefficient (Wildman–Crippen LogP) is 5.09. The lowest BCUT2D eigenvalue weighted by Crippen LogP contribution is -2.46. The molecule has 0 unspecified atom stereocenters. The molecule has 4 rings (SSSR count). The van der Waals surface area contributed by atoms with E-state index in [9.17, 15) is 4.79 Å². The predicted molar refractivity (Wildman–Crippen MR) is 114 cm³/mol. The third-order valence-corrected chi connectivity index (χ3v) is 6.46. The molecule has 2 aliphatic rings. The molecule has 2 N–H and O–H groups in total. The number of halogens is 2. The summed E-state index contributed by atoms with van der Waals surface area (Å²) in [5, 5.41) is 0.745. The highest BCUT2D eigenvalue weighted by Crippen LogP contribution is 2.43. The van der Waals surface area contributed by atoms with Crippen molar-refractivity contribution in [1.82, 2.24) is 4.90 Å². The summed E-state index contributed by atoms with van der Waals surface area (Å²) in [5.41, 5.74) is 8.50. The molecule has 2 aromatic rings. The van der Waals surface area contributed by atoms with Gasteiger partial charge in [-0.2, -0.15) is 0 Å². The van der Waals surface area contributed by atoms with E-state index in [1.54, 1.807) is 0 Å². The van der Waals surface area contributed by atoms with E-state index in [2.05, 4.69) is 18.2 Å². The summed E-state index contributed by atoms with van der Waals surface area (Å²) in [6, 6.07) is 18.4. The van der Waals surface area contributed by atoms with Crippen LogP contribution in [0.1, 0.15) is 42.9 Å². The Morgan fingerprint density at radius 3 is 2.46 bits per heavy atom. The van der Waals surface area contributed by atoms with Crippen molar-refractivity contribution in [2.24, 2.45) is 5.73 Å². The molecule has 1 atom stereocenters. The summed E-state index contributed by atoms with van der Waals surface area (Å²) in [6.45, 7) is 1.02. The van der Waals surface area contributed by atoms with Gasteiger partial charge in [0.25, 0.3) is 0 Å². The van der Waals surface area contributed by atoms with Gasteiger partial charge in [0.15, 0.2) is 0 Å². The van der Waals surface area contributed by atoms with Crippen LogP contribution in [0.3, 0.4) is 0 Å². The molecule has 1 saturated carbocycles. The van der Waals surface area contributed by atoms with Crippen molar-refractivity contribution in [3.8, 4) is 0 Å². The number of nitrogens with zero attached hydrogens (tertiary/aromatic N) is 1. The molecule has 1 saturated heterocycles. The number of cyclic esters (lactones) is 1. The van der Waals surface area contributed by atoms with Gasteiger partial charge < -0.3 is 10.5 Å². The monoisotopic (exact) mass is 420 g/mol. The van der Waals surface area contributed by atoms with Crippen LogP contribution in [0.25, 0.3) is 0 Å². The quantitative estimate of drug-likeness (QED) is 0.748. The SMILES string of the molecule is Cl.NC[C@]1(c2cccc(Cl)c2)CC[C@@H](N2C(=O)OC[C@H]2c2ccccc2)CC1. The Hall–Kier alpha value is -1.75. The molecule has 1 aliphatic heterocycles. The Kier molecular flexibility index (Phi) is 6.54. The molecule has 0 aromatic heterocycles. The van der Waals surface area contributed by atoms with Gasteiger partial charge >= 0.3 is 6.09 Å². The molecule has 6 heteroatoms. The Labute approximate surface area is 177 Å². The van der Waals surface area contributed by atoms with E-state index in [-0.39, 0.29) is 36.0 Å². The summed E-state index contributed by atoms with van der Waals surface area (Å²) >= 11 is 6.21. The van der Waals surface area contributed by atoms with Crippen LogP contribution in [0, 0.1) is 0 Å². The van der Waals surface area contributed by atoms with Crippen LogP contribution in [0.15, 0.2) is 54.6 Å². The third kappa shape index (κ3) is 3.86. The second-order valence-corrected chi connectivity index (χ2v) is 8.07. The summed E-state index contributed by atoms with van der Waals surface area (Å²) in [5.74, 6) is 0. The molecule has 2 fully saturated rings. The van der Waals surface area contributed by atoms with Gasteiger partial charge in [0.1, 0.15) is 6.61 Å². The molecule has 0 radical (unpaired) electrons. The second-order valence-electron chi connectivity index (χ2n) is 7.64. The first-order chi connectivity index (χ1) is 13.1. The average Bonchev–Trinajstić information content (AvgIpc) is 3.10. The van der Waals surface area contributed by atoms with E-state index < -0.39 is 0 Å². The first-order valence-corrected chi connectivity index (χ1v) is 9.97. The minimum Gasteiger partial charge on any atom is -0.447 e. The molecule has 0 spiro atoms. The fourth-order valence-electron chi connectivity index (χ4n) is 4.63. The zero-order valence-corrected chi connectivity index (χ0v) is 17.3. The number of hydrogen-bond donors (Lipinski definition) is 1. The molecule has 0 bridgehead atoms. The molecule has 1 amide bonds. The van der Waals surface area contributed by atoms with Crippen molar-refractivity contribution >= 4 is 30.1 Å². The van der Waals surface area contributed by atoms with Crippen molar-refractivity contribution in [1.29, 1.82) is 0 Å². The zero-order chi connectivity index (χ0) is 18.9. The Bertz CT molecular complexity index is 807. The van der Waals surface area contributed by atoms with Crippen molar-refractivity contribution in [3.05, 3.63) is 70.7 Å². The van der Waals surface area contributed by atoms with Gasteiger partial charge in [0.2, 0.25) is 0 Å². The molecule has 4 nitrogen and oxygen atoms in total. The Morgan fingerprint density at radius 1 is 1.11 bits per heavy atom. The maximum absolute atomic E-state index is 12.5. The van der Waals surface area contributed by atoms with Crippen LogP contribution in [-0.2, 0) is 10.2 Å². The van der Waals surface area contributed by atoms with Crippen LogP contribution >= 0.6 is 24.0 Å². The highest BCUT2D eigenvalue weighted by atomic mass is 35.5. The van der Waals surface area contributed by atoms with Gasteiger partial charge in [0, 0.05) is 23.0 Å². The summed E-state index contributed by atoms with van der Waals surface area (Å²) in [4.78, 5) is 14.4. The lowest BCUT2D eigenvalue weighted by Gasteiger charge is -2.43. The largest absolute Gasteiger partial charge is 0.447 e. The second kappa shape index (κ2) is 8.73. The van der Waals surface area contributed by atoms with Gasteiger partial charge in [-0.1, -0.05) is 54.1 Å². The van der Waals surface area contributed by atoms with E-state index in [0.29, 0.717) is 13.2 Å². The highest BCUT2D eigenvalue weighted by molar-refractivity contribution is 6.30. The maximum atomic E-state index is 12.5. The number of amides is 1. The molecular weight excluding hydrogens is 395 g/mol. The minimum atomic E-state index is -0.197. The van der Waals surface area contributed by atoms with Gasteiger partial charge in [-0.3, -0.25) is 4.90 Å². The molecule has 2 aromatic carbocycles. The zero-order valence-electron chi connectivity index (χ0n) is 15.7. The Morgan fingerprint density at radius 2 is 1.82 bits per heavy atom. The maximum Gasteiger partial charge on any atom is 0.410 e. The number of carbonyl (C=O) groups is 1. The number of hydrogen-bond acceptors (Lipinski definition) is 3. The molecule has 28 heavy (non-hydrogen) atoms. The van der Waals surface area contributed by atoms with Crippen LogP contribution < -0.4 is 5.73 Å². The van der Waals surface area contributed by atoms with Crippen LogP contribution in [0.5, 0.6) is 0 Å². The van der Waals surface area contributed by atoms with E-state index in [1.165, 1.54) is 5.56 Å². The number of ether oxygens (including phenoxy) is 1. The van der Waals surface area contributed by atoms with E-state index in [4.69, 9.17) is 22.1 Å². The number of nitrogens with two attached hydrogens (primary N) is 1. The Balaban J connectivity index is 0.00000225. The van der Waals surface area contributed by atoms with Gasteiger partial charge in [-0.05, 0) is 48.9 Å². The van der Waals surface area contributed by atoms with Crippen LogP contribution in [-0.4, -0.2) is 30.2 Å². The summed E-state index contributed by atoms with van der Waals surface area (Å²) in [6.07, 6.45) is 3.53. The lowest BCUT2D eigenvalue weighted by molar-refractivity contribution is 0.117. The lowest BCUT2D eigenvalue weighted by atomic mass is 9.68. The number of rotatable bonds is 4. The van der Waals surface area contributed by atoms with Gasteiger partial charge in [-0.15, -0.1) is 12.4 Å². The first kappa shape index (κ1) is 21.0. The van der Waals surface area contributed by atoms with Crippen molar-refractivity contribution in [2.45, 2.75) is 43.2 Å². The first-order valence-electron chi connectivity index (χ1n) is 9.59. The number of carbonyl (C=O) groups excluding carboxylic acids is 1. The fourth-order valence-corrected chi connectivity index (χ4v) is 4.82. The van der Waals surface area contributed by atoms with E-state index in [1.807, 2.05) is 41.3 Å². The summed E-state index contributed by atoms with van der Waals surface area (Å²) in [7, 11) is 0.